The van der Waals surface area contributed by atoms with Gasteiger partial charge in [0.25, 0.3) is 5.91 Å². The average Bonchev–Trinajstić information content (AvgIpc) is 3.27. The van der Waals surface area contributed by atoms with Crippen molar-refractivity contribution < 1.29 is 4.79 Å². The van der Waals surface area contributed by atoms with Gasteiger partial charge in [0.1, 0.15) is 0 Å². The van der Waals surface area contributed by atoms with Gasteiger partial charge in [0.05, 0.1) is 10.7 Å². The molecule has 0 aromatic heterocycles. The highest BCUT2D eigenvalue weighted by Gasteiger charge is 2.32. The lowest BCUT2D eigenvalue weighted by Crippen LogP contribution is -2.45. The van der Waals surface area contributed by atoms with Crippen LogP contribution in [-0.4, -0.2) is 36.0 Å². The molecule has 108 valence electrons. The lowest BCUT2D eigenvalue weighted by atomic mass is 10.0. The Morgan fingerprint density at radius 1 is 1.25 bits per heavy atom. The van der Waals surface area contributed by atoms with Crippen molar-refractivity contribution in [2.24, 2.45) is 0 Å². The Morgan fingerprint density at radius 2 is 1.95 bits per heavy atom. The molecule has 0 spiro atoms. The van der Waals surface area contributed by atoms with Crippen molar-refractivity contribution in [1.82, 2.24) is 10.2 Å². The van der Waals surface area contributed by atoms with Crippen molar-refractivity contribution in [2.75, 3.05) is 18.8 Å². The molecule has 1 aromatic rings. The number of carbonyl (C=O) groups excluding carboxylic acids is 1. The molecule has 0 bridgehead atoms. The largest absolute Gasteiger partial charge is 0.398 e. The highest BCUT2D eigenvalue weighted by Crippen LogP contribution is 2.29. The molecule has 1 saturated carbocycles. The Labute approximate surface area is 124 Å². The first kappa shape index (κ1) is 13.7. The normalized spacial score (nSPS) is 20.9. The van der Waals surface area contributed by atoms with E-state index in [1.165, 1.54) is 12.8 Å². The molecule has 1 amide bonds. The third-order valence-corrected chi connectivity index (χ3v) is 4.52. The van der Waals surface area contributed by atoms with Crippen LogP contribution in [-0.2, 0) is 0 Å². The maximum absolute atomic E-state index is 12.2. The van der Waals surface area contributed by atoms with Crippen LogP contribution >= 0.6 is 11.6 Å². The fourth-order valence-corrected chi connectivity index (χ4v) is 2.97. The van der Waals surface area contributed by atoms with Gasteiger partial charge in [-0.25, -0.2) is 0 Å². The predicted octanol–water partition coefficient (Wildman–Crippen LogP) is 2.28. The van der Waals surface area contributed by atoms with Crippen molar-refractivity contribution in [3.63, 3.8) is 0 Å². The molecule has 5 heteroatoms. The molecule has 20 heavy (non-hydrogen) atoms. The summed E-state index contributed by atoms with van der Waals surface area (Å²) in [7, 11) is 0. The maximum Gasteiger partial charge on any atom is 0.251 e. The number of nitrogens with zero attached hydrogens (tertiary/aromatic N) is 1. The molecule has 0 unspecified atom stereocenters. The molecule has 2 aliphatic rings. The maximum atomic E-state index is 12.2. The van der Waals surface area contributed by atoms with E-state index in [0.717, 1.165) is 32.0 Å². The predicted molar refractivity (Wildman–Crippen MR) is 80.9 cm³/mol. The average molecular weight is 294 g/mol. The first-order chi connectivity index (χ1) is 9.63. The fourth-order valence-electron chi connectivity index (χ4n) is 2.79. The summed E-state index contributed by atoms with van der Waals surface area (Å²) < 4.78 is 0. The first-order valence-electron chi connectivity index (χ1n) is 7.23. The van der Waals surface area contributed by atoms with E-state index in [2.05, 4.69) is 10.2 Å². The standard InChI is InChI=1S/C15H20ClN3O/c16-13-9-10(1-4-14(13)17)15(20)18-11-5-7-19(8-6-11)12-2-3-12/h1,4,9,11-12H,2-3,5-8,17H2,(H,18,20). The van der Waals surface area contributed by atoms with Gasteiger partial charge in [0.15, 0.2) is 0 Å². The monoisotopic (exact) mass is 293 g/mol. The molecule has 0 radical (unpaired) electrons. The van der Waals surface area contributed by atoms with Crippen LogP contribution in [0.1, 0.15) is 36.0 Å². The number of carbonyl (C=O) groups is 1. The van der Waals surface area contributed by atoms with E-state index in [1.54, 1.807) is 18.2 Å². The lowest BCUT2D eigenvalue weighted by molar-refractivity contribution is 0.0909. The minimum absolute atomic E-state index is 0.0585. The summed E-state index contributed by atoms with van der Waals surface area (Å²) in [6.45, 7) is 2.19. The van der Waals surface area contributed by atoms with Crippen LogP contribution in [0, 0.1) is 0 Å². The van der Waals surface area contributed by atoms with E-state index in [-0.39, 0.29) is 11.9 Å². The summed E-state index contributed by atoms with van der Waals surface area (Å²) in [5, 5.41) is 3.53. The number of hydrogen-bond donors (Lipinski definition) is 2. The quantitative estimate of drug-likeness (QED) is 0.841. The number of piperidine rings is 1. The second-order valence-electron chi connectivity index (χ2n) is 5.75. The van der Waals surface area contributed by atoms with Gasteiger partial charge < -0.3 is 16.0 Å². The van der Waals surface area contributed by atoms with Crippen LogP contribution in [0.3, 0.4) is 0 Å². The number of rotatable bonds is 3. The number of nitrogen functional groups attached to an aromatic ring is 1. The summed E-state index contributed by atoms with van der Waals surface area (Å²) in [5.41, 5.74) is 6.73. The van der Waals surface area contributed by atoms with E-state index in [4.69, 9.17) is 17.3 Å². The molecule has 2 fully saturated rings. The van der Waals surface area contributed by atoms with Crippen LogP contribution in [0.25, 0.3) is 0 Å². The molecule has 3 rings (SSSR count). The SMILES string of the molecule is Nc1ccc(C(=O)NC2CCN(C3CC3)CC2)cc1Cl. The molecule has 1 saturated heterocycles. The van der Waals surface area contributed by atoms with Crippen molar-refractivity contribution in [3.8, 4) is 0 Å². The Balaban J connectivity index is 1.54. The smallest absolute Gasteiger partial charge is 0.251 e. The second-order valence-corrected chi connectivity index (χ2v) is 6.16. The van der Waals surface area contributed by atoms with E-state index in [1.807, 2.05) is 0 Å². The number of amides is 1. The van der Waals surface area contributed by atoms with Crippen LogP contribution in [0.4, 0.5) is 5.69 Å². The molecular formula is C15H20ClN3O. The van der Waals surface area contributed by atoms with Crippen molar-refractivity contribution in [1.29, 1.82) is 0 Å². The Morgan fingerprint density at radius 3 is 2.55 bits per heavy atom. The number of nitrogens with two attached hydrogens (primary N) is 1. The first-order valence-corrected chi connectivity index (χ1v) is 7.61. The number of hydrogen-bond acceptors (Lipinski definition) is 3. The number of nitrogens with one attached hydrogen (secondary N) is 1. The van der Waals surface area contributed by atoms with Gasteiger partial charge in [-0.3, -0.25) is 4.79 Å². The summed E-state index contributed by atoms with van der Waals surface area (Å²) >= 11 is 5.95. The van der Waals surface area contributed by atoms with E-state index in [0.29, 0.717) is 16.3 Å². The zero-order valence-corrected chi connectivity index (χ0v) is 12.2. The van der Waals surface area contributed by atoms with Crippen LogP contribution < -0.4 is 11.1 Å². The van der Waals surface area contributed by atoms with Gasteiger partial charge in [0.2, 0.25) is 0 Å². The Kier molecular flexibility index (Phi) is 3.85. The van der Waals surface area contributed by atoms with E-state index < -0.39 is 0 Å². The summed E-state index contributed by atoms with van der Waals surface area (Å²) in [6.07, 6.45) is 4.76. The summed E-state index contributed by atoms with van der Waals surface area (Å²) in [5.74, 6) is -0.0585. The van der Waals surface area contributed by atoms with E-state index >= 15 is 0 Å². The minimum Gasteiger partial charge on any atom is -0.398 e. The zero-order valence-electron chi connectivity index (χ0n) is 11.4. The number of halogens is 1. The third-order valence-electron chi connectivity index (χ3n) is 4.19. The minimum atomic E-state index is -0.0585. The molecule has 4 nitrogen and oxygen atoms in total. The molecule has 1 aromatic carbocycles. The van der Waals surface area contributed by atoms with Crippen LogP contribution in [0.5, 0.6) is 0 Å². The van der Waals surface area contributed by atoms with Gasteiger partial charge in [-0.1, -0.05) is 11.6 Å². The highest BCUT2D eigenvalue weighted by molar-refractivity contribution is 6.33. The number of likely N-dealkylation sites (tertiary alicyclic amines) is 1. The molecule has 1 heterocycles. The van der Waals surface area contributed by atoms with Gasteiger partial charge in [-0.05, 0) is 43.9 Å². The molecule has 1 aliphatic carbocycles. The van der Waals surface area contributed by atoms with E-state index in [9.17, 15) is 4.79 Å². The van der Waals surface area contributed by atoms with Crippen LogP contribution in [0.15, 0.2) is 18.2 Å². The van der Waals surface area contributed by atoms with Crippen molar-refractivity contribution in [2.45, 2.75) is 37.8 Å². The molecule has 0 atom stereocenters. The number of anilines is 1. The highest BCUT2D eigenvalue weighted by atomic mass is 35.5. The Bertz CT molecular complexity index is 508. The molecular weight excluding hydrogens is 274 g/mol. The second kappa shape index (κ2) is 5.62. The summed E-state index contributed by atoms with van der Waals surface area (Å²) in [4.78, 5) is 14.7. The Hall–Kier alpha value is -1.26. The molecule has 3 N–H and O–H groups in total. The van der Waals surface area contributed by atoms with Gasteiger partial charge in [-0.2, -0.15) is 0 Å². The zero-order chi connectivity index (χ0) is 14.1. The van der Waals surface area contributed by atoms with Crippen LogP contribution in [0.2, 0.25) is 5.02 Å². The van der Waals surface area contributed by atoms with Crippen molar-refractivity contribution >= 4 is 23.2 Å². The lowest BCUT2D eigenvalue weighted by Gasteiger charge is -2.32. The van der Waals surface area contributed by atoms with Gasteiger partial charge >= 0.3 is 0 Å². The third kappa shape index (κ3) is 3.07. The fraction of sp³-hybridized carbons (Fsp3) is 0.533. The van der Waals surface area contributed by atoms with Crippen molar-refractivity contribution in [3.05, 3.63) is 28.8 Å². The van der Waals surface area contributed by atoms with Gasteiger partial charge in [0, 0.05) is 30.7 Å². The topological polar surface area (TPSA) is 58.4 Å². The summed E-state index contributed by atoms with van der Waals surface area (Å²) in [6, 6.07) is 6.12. The number of benzene rings is 1. The van der Waals surface area contributed by atoms with Gasteiger partial charge in [-0.15, -0.1) is 0 Å². The molecule has 1 aliphatic heterocycles.